The van der Waals surface area contributed by atoms with E-state index in [9.17, 15) is 4.79 Å². The predicted molar refractivity (Wildman–Crippen MR) is 107 cm³/mol. The van der Waals surface area contributed by atoms with Crippen molar-refractivity contribution in [3.05, 3.63) is 62.2 Å². The van der Waals surface area contributed by atoms with Crippen LogP contribution >= 0.6 is 34.3 Å². The second-order valence-corrected chi connectivity index (χ2v) is 8.44. The maximum atomic E-state index is 12.7. The van der Waals surface area contributed by atoms with Gasteiger partial charge in [0.1, 0.15) is 4.88 Å². The molecule has 0 aliphatic carbocycles. The van der Waals surface area contributed by atoms with E-state index in [-0.39, 0.29) is 5.91 Å². The molecular formula is C19H15ClN2OS2. The van der Waals surface area contributed by atoms with E-state index in [1.165, 1.54) is 33.8 Å². The molecule has 0 unspecified atom stereocenters. The number of amides is 1. The molecule has 2 aromatic carbocycles. The molecule has 0 spiro atoms. The maximum Gasteiger partial charge on any atom is 0.291 e. The van der Waals surface area contributed by atoms with Gasteiger partial charge in [-0.15, -0.1) is 11.3 Å². The van der Waals surface area contributed by atoms with Gasteiger partial charge in [0.15, 0.2) is 4.80 Å². The maximum absolute atomic E-state index is 12.7. The van der Waals surface area contributed by atoms with E-state index in [1.54, 1.807) is 0 Å². The number of hydrogen-bond acceptors (Lipinski definition) is 3. The number of hydrogen-bond donors (Lipinski definition) is 0. The molecule has 0 atom stereocenters. The first-order valence-electron chi connectivity index (χ1n) is 7.78. The number of nitrogens with zero attached hydrogens (tertiary/aromatic N) is 2. The van der Waals surface area contributed by atoms with Crippen LogP contribution in [0.4, 0.5) is 0 Å². The van der Waals surface area contributed by atoms with Gasteiger partial charge in [0, 0.05) is 17.1 Å². The minimum atomic E-state index is -0.289. The molecule has 3 nitrogen and oxygen atoms in total. The number of fused-ring (bicyclic) bond motifs is 2. The van der Waals surface area contributed by atoms with E-state index < -0.39 is 0 Å². The van der Waals surface area contributed by atoms with Crippen molar-refractivity contribution in [1.29, 1.82) is 0 Å². The summed E-state index contributed by atoms with van der Waals surface area (Å²) in [6.07, 6.45) is 0. The second kappa shape index (κ2) is 6.09. The lowest BCUT2D eigenvalue weighted by molar-refractivity contribution is 0.100. The van der Waals surface area contributed by atoms with Gasteiger partial charge in [0.2, 0.25) is 0 Å². The van der Waals surface area contributed by atoms with E-state index in [4.69, 9.17) is 11.6 Å². The van der Waals surface area contributed by atoms with Crippen LogP contribution in [0.3, 0.4) is 0 Å². The lowest BCUT2D eigenvalue weighted by atomic mass is 10.1. The number of benzene rings is 2. The normalized spacial score (nSPS) is 12.4. The Morgan fingerprint density at radius 1 is 1.16 bits per heavy atom. The van der Waals surface area contributed by atoms with Crippen LogP contribution in [0, 0.1) is 13.8 Å². The Bertz CT molecular complexity index is 1210. The summed E-state index contributed by atoms with van der Waals surface area (Å²) >= 11 is 9.33. The second-order valence-electron chi connectivity index (χ2n) is 6.03. The van der Waals surface area contributed by atoms with Gasteiger partial charge >= 0.3 is 0 Å². The monoisotopic (exact) mass is 386 g/mol. The van der Waals surface area contributed by atoms with Crippen molar-refractivity contribution in [2.24, 2.45) is 12.0 Å². The molecule has 6 heteroatoms. The summed E-state index contributed by atoms with van der Waals surface area (Å²) in [5, 5.41) is 1.39. The minimum absolute atomic E-state index is 0.289. The highest BCUT2D eigenvalue weighted by molar-refractivity contribution is 7.21. The van der Waals surface area contributed by atoms with Crippen LogP contribution in [0.5, 0.6) is 0 Å². The van der Waals surface area contributed by atoms with Crippen LogP contribution in [-0.2, 0) is 7.05 Å². The van der Waals surface area contributed by atoms with Crippen LogP contribution < -0.4 is 4.80 Å². The summed E-state index contributed by atoms with van der Waals surface area (Å²) < 4.78 is 4.12. The molecule has 0 aliphatic rings. The Balaban J connectivity index is 1.89. The summed E-state index contributed by atoms with van der Waals surface area (Å²) in [5.41, 5.74) is 3.49. The summed E-state index contributed by atoms with van der Waals surface area (Å²) in [6, 6.07) is 12.0. The van der Waals surface area contributed by atoms with Crippen molar-refractivity contribution in [3.63, 3.8) is 0 Å². The molecule has 0 bridgehead atoms. The fourth-order valence-corrected chi connectivity index (χ4v) is 5.43. The fraction of sp³-hybridized carbons (Fsp3) is 0.158. The van der Waals surface area contributed by atoms with Gasteiger partial charge in [0.25, 0.3) is 5.91 Å². The fourth-order valence-electron chi connectivity index (χ4n) is 2.96. The number of thiophene rings is 1. The lowest BCUT2D eigenvalue weighted by Crippen LogP contribution is -2.13. The Morgan fingerprint density at radius 3 is 2.68 bits per heavy atom. The smallest absolute Gasteiger partial charge is 0.291 e. The van der Waals surface area contributed by atoms with E-state index in [2.05, 4.69) is 31.0 Å². The number of carbonyl (C=O) groups is 1. The third-order valence-corrected chi connectivity index (χ3v) is 7.11. The molecule has 0 radical (unpaired) electrons. The van der Waals surface area contributed by atoms with Crippen LogP contribution in [0.25, 0.3) is 20.3 Å². The first kappa shape index (κ1) is 16.5. The van der Waals surface area contributed by atoms with Gasteiger partial charge in [0.05, 0.1) is 15.2 Å². The molecule has 126 valence electrons. The molecular weight excluding hydrogens is 372 g/mol. The van der Waals surface area contributed by atoms with E-state index in [0.717, 1.165) is 20.3 Å². The topological polar surface area (TPSA) is 34.4 Å². The molecule has 0 saturated carbocycles. The summed E-state index contributed by atoms with van der Waals surface area (Å²) in [5.74, 6) is -0.289. The summed E-state index contributed by atoms with van der Waals surface area (Å²) in [7, 11) is 1.94. The summed E-state index contributed by atoms with van der Waals surface area (Å²) in [6.45, 7) is 4.16. The SMILES string of the molecule is Cc1cc(C)c2sc(=NC(=O)c3sc4ccccc4c3Cl)n(C)c2c1. The molecule has 0 saturated heterocycles. The molecule has 0 N–H and O–H groups in total. The first-order chi connectivity index (χ1) is 12.0. The average molecular weight is 387 g/mol. The third-order valence-electron chi connectivity index (χ3n) is 4.17. The van der Waals surface area contributed by atoms with Gasteiger partial charge in [-0.1, -0.05) is 47.2 Å². The molecule has 2 heterocycles. The van der Waals surface area contributed by atoms with E-state index in [1.807, 2.05) is 35.9 Å². The Morgan fingerprint density at radius 2 is 1.92 bits per heavy atom. The van der Waals surface area contributed by atoms with Crippen molar-refractivity contribution < 1.29 is 4.79 Å². The van der Waals surface area contributed by atoms with Crippen molar-refractivity contribution in [1.82, 2.24) is 4.57 Å². The Hall–Kier alpha value is -1.95. The van der Waals surface area contributed by atoms with Gasteiger partial charge in [-0.05, 0) is 37.1 Å². The highest BCUT2D eigenvalue weighted by Gasteiger charge is 2.17. The standard InChI is InChI=1S/C19H15ClN2OS2/c1-10-8-11(2)16-13(9-10)22(3)19(25-16)21-18(23)17-15(20)12-6-4-5-7-14(12)24-17/h4-9H,1-3H3. The van der Waals surface area contributed by atoms with Crippen LogP contribution in [0.2, 0.25) is 5.02 Å². The van der Waals surface area contributed by atoms with Gasteiger partial charge in [-0.3, -0.25) is 4.79 Å². The molecule has 2 aromatic heterocycles. The molecule has 0 aliphatic heterocycles. The quantitative estimate of drug-likeness (QED) is 0.427. The zero-order valence-corrected chi connectivity index (χ0v) is 16.4. The molecule has 1 amide bonds. The average Bonchev–Trinajstić information content (AvgIpc) is 3.07. The van der Waals surface area contributed by atoms with Gasteiger partial charge < -0.3 is 4.57 Å². The molecule has 25 heavy (non-hydrogen) atoms. The number of rotatable bonds is 1. The van der Waals surface area contributed by atoms with Crippen molar-refractivity contribution in [3.8, 4) is 0 Å². The van der Waals surface area contributed by atoms with E-state index in [0.29, 0.717) is 14.7 Å². The molecule has 4 rings (SSSR count). The third kappa shape index (κ3) is 2.72. The van der Waals surface area contributed by atoms with E-state index >= 15 is 0 Å². The minimum Gasteiger partial charge on any atom is -0.319 e. The highest BCUT2D eigenvalue weighted by Crippen LogP contribution is 2.35. The number of halogens is 1. The number of carbonyl (C=O) groups excluding carboxylic acids is 1. The van der Waals surface area contributed by atoms with Gasteiger partial charge in [-0.25, -0.2) is 0 Å². The zero-order chi connectivity index (χ0) is 17.7. The van der Waals surface area contributed by atoms with Crippen molar-refractivity contribution >= 4 is 60.5 Å². The molecule has 0 fully saturated rings. The van der Waals surface area contributed by atoms with Crippen LogP contribution in [-0.4, -0.2) is 10.5 Å². The molecule has 4 aromatic rings. The Labute approximate surface area is 157 Å². The van der Waals surface area contributed by atoms with Gasteiger partial charge in [-0.2, -0.15) is 4.99 Å². The van der Waals surface area contributed by atoms with Crippen molar-refractivity contribution in [2.45, 2.75) is 13.8 Å². The van der Waals surface area contributed by atoms with Crippen molar-refractivity contribution in [2.75, 3.05) is 0 Å². The summed E-state index contributed by atoms with van der Waals surface area (Å²) in [4.78, 5) is 18.3. The largest absolute Gasteiger partial charge is 0.319 e. The zero-order valence-electron chi connectivity index (χ0n) is 14.0. The van der Waals surface area contributed by atoms with Crippen LogP contribution in [0.15, 0.2) is 41.4 Å². The first-order valence-corrected chi connectivity index (χ1v) is 9.79. The van der Waals surface area contributed by atoms with Crippen LogP contribution in [0.1, 0.15) is 20.8 Å². The predicted octanol–water partition coefficient (Wildman–Crippen LogP) is 5.47. The number of aromatic nitrogens is 1. The number of aryl methyl sites for hydroxylation is 3. The number of thiazole rings is 1. The lowest BCUT2D eigenvalue weighted by Gasteiger charge is -2.00. The highest BCUT2D eigenvalue weighted by atomic mass is 35.5. The Kier molecular flexibility index (Phi) is 4.02.